The van der Waals surface area contributed by atoms with Crippen LogP contribution in [0.25, 0.3) is 0 Å². The van der Waals surface area contributed by atoms with E-state index in [2.05, 4.69) is 27.1 Å². The van der Waals surface area contributed by atoms with E-state index in [9.17, 15) is 4.79 Å². The number of hydrogen-bond acceptors (Lipinski definition) is 6. The summed E-state index contributed by atoms with van der Waals surface area (Å²) in [5, 5.41) is 3.21. The van der Waals surface area contributed by atoms with Crippen LogP contribution in [0.5, 0.6) is 5.75 Å². The molecule has 1 aromatic carbocycles. The van der Waals surface area contributed by atoms with Crippen LogP contribution in [0.4, 0.5) is 11.6 Å². The number of hydrogen-bond donors (Lipinski definition) is 1. The molecule has 0 bridgehead atoms. The predicted octanol–water partition coefficient (Wildman–Crippen LogP) is 3.09. The van der Waals surface area contributed by atoms with Crippen molar-refractivity contribution < 1.29 is 9.53 Å². The topological polar surface area (TPSA) is 70.6 Å². The van der Waals surface area contributed by atoms with Gasteiger partial charge in [0.15, 0.2) is 0 Å². The Morgan fingerprint density at radius 3 is 2.57 bits per heavy atom. The SMILES string of the molecule is CCN1CCN(C(=O)c2cc(C)nc(Nc3ccccc3OC(C)C)n2)CC1. The molecule has 1 aromatic heterocycles. The Hall–Kier alpha value is -2.67. The molecule has 2 heterocycles. The first kappa shape index (κ1) is 20.1. The number of nitrogens with zero attached hydrogens (tertiary/aromatic N) is 4. The highest BCUT2D eigenvalue weighted by Crippen LogP contribution is 2.27. The summed E-state index contributed by atoms with van der Waals surface area (Å²) in [5.74, 6) is 1.08. The summed E-state index contributed by atoms with van der Waals surface area (Å²) in [6.07, 6.45) is 0.0558. The van der Waals surface area contributed by atoms with Crippen molar-refractivity contribution in [2.24, 2.45) is 0 Å². The fraction of sp³-hybridized carbons (Fsp3) is 0.476. The molecule has 0 unspecified atom stereocenters. The first-order valence-electron chi connectivity index (χ1n) is 9.86. The Kier molecular flexibility index (Phi) is 6.46. The second-order valence-corrected chi connectivity index (χ2v) is 7.23. The fourth-order valence-electron chi connectivity index (χ4n) is 3.21. The van der Waals surface area contributed by atoms with E-state index in [-0.39, 0.29) is 12.0 Å². The third kappa shape index (κ3) is 4.98. The lowest BCUT2D eigenvalue weighted by Gasteiger charge is -2.33. The van der Waals surface area contributed by atoms with Crippen LogP contribution in [-0.2, 0) is 0 Å². The fourth-order valence-corrected chi connectivity index (χ4v) is 3.21. The minimum absolute atomic E-state index is 0.0454. The summed E-state index contributed by atoms with van der Waals surface area (Å²) in [4.78, 5) is 26.1. The van der Waals surface area contributed by atoms with E-state index < -0.39 is 0 Å². The average Bonchev–Trinajstić information content (AvgIpc) is 2.68. The van der Waals surface area contributed by atoms with Gasteiger partial charge < -0.3 is 19.9 Å². The highest BCUT2D eigenvalue weighted by molar-refractivity contribution is 5.92. The molecule has 1 aliphatic rings. The lowest BCUT2D eigenvalue weighted by molar-refractivity contribution is 0.0637. The van der Waals surface area contributed by atoms with Gasteiger partial charge in [-0.15, -0.1) is 0 Å². The van der Waals surface area contributed by atoms with Crippen molar-refractivity contribution >= 4 is 17.5 Å². The number of rotatable bonds is 6. The van der Waals surface area contributed by atoms with Crippen LogP contribution in [0.3, 0.4) is 0 Å². The molecule has 0 radical (unpaired) electrons. The van der Waals surface area contributed by atoms with E-state index in [4.69, 9.17) is 4.74 Å². The van der Waals surface area contributed by atoms with E-state index in [0.717, 1.165) is 49.9 Å². The number of nitrogens with one attached hydrogen (secondary N) is 1. The molecule has 1 saturated heterocycles. The first-order chi connectivity index (χ1) is 13.5. The third-order valence-electron chi connectivity index (χ3n) is 4.68. The number of benzene rings is 1. The molecule has 7 heteroatoms. The number of aryl methyl sites for hydroxylation is 1. The first-order valence-corrected chi connectivity index (χ1v) is 9.86. The summed E-state index contributed by atoms with van der Waals surface area (Å²) in [7, 11) is 0. The molecule has 0 saturated carbocycles. The van der Waals surface area contributed by atoms with E-state index in [0.29, 0.717) is 11.6 Å². The van der Waals surface area contributed by atoms with Crippen LogP contribution < -0.4 is 10.1 Å². The normalized spacial score (nSPS) is 15.0. The number of aromatic nitrogens is 2. The second-order valence-electron chi connectivity index (χ2n) is 7.23. The van der Waals surface area contributed by atoms with E-state index in [1.54, 1.807) is 6.07 Å². The monoisotopic (exact) mass is 383 g/mol. The molecule has 3 rings (SSSR count). The largest absolute Gasteiger partial charge is 0.489 e. The molecule has 1 fully saturated rings. The van der Waals surface area contributed by atoms with Crippen LogP contribution in [0.15, 0.2) is 30.3 Å². The number of ether oxygens (including phenoxy) is 1. The van der Waals surface area contributed by atoms with Gasteiger partial charge in [-0.3, -0.25) is 4.79 Å². The summed E-state index contributed by atoms with van der Waals surface area (Å²) in [6.45, 7) is 12.2. The Balaban J connectivity index is 1.78. The molecular formula is C21H29N5O2. The molecule has 7 nitrogen and oxygen atoms in total. The van der Waals surface area contributed by atoms with Crippen LogP contribution >= 0.6 is 0 Å². The summed E-state index contributed by atoms with van der Waals surface area (Å²) >= 11 is 0. The minimum atomic E-state index is -0.0454. The van der Waals surface area contributed by atoms with Crippen molar-refractivity contribution in [1.82, 2.24) is 19.8 Å². The Labute approximate surface area is 166 Å². The molecule has 1 amide bonds. The third-order valence-corrected chi connectivity index (χ3v) is 4.68. The Morgan fingerprint density at radius 1 is 1.18 bits per heavy atom. The zero-order chi connectivity index (χ0) is 20.1. The van der Waals surface area contributed by atoms with Gasteiger partial charge in [0.1, 0.15) is 11.4 Å². The molecule has 1 aliphatic heterocycles. The van der Waals surface area contributed by atoms with Gasteiger partial charge in [0, 0.05) is 31.9 Å². The standard InChI is InChI=1S/C21H29N5O2/c1-5-25-10-12-26(13-11-25)20(27)18-14-16(4)22-21(24-18)23-17-8-6-7-9-19(17)28-15(2)3/h6-9,14-15H,5,10-13H2,1-4H3,(H,22,23,24). The Morgan fingerprint density at radius 2 is 1.89 bits per heavy atom. The van der Waals surface area contributed by atoms with Gasteiger partial charge in [0.2, 0.25) is 5.95 Å². The van der Waals surface area contributed by atoms with Crippen molar-refractivity contribution in [3.63, 3.8) is 0 Å². The number of anilines is 2. The number of likely N-dealkylation sites (N-methyl/N-ethyl adjacent to an activating group) is 1. The van der Waals surface area contributed by atoms with Crippen molar-refractivity contribution in [3.05, 3.63) is 41.7 Å². The van der Waals surface area contributed by atoms with Gasteiger partial charge in [-0.05, 0) is 45.5 Å². The van der Waals surface area contributed by atoms with E-state index in [1.165, 1.54) is 0 Å². The lowest BCUT2D eigenvalue weighted by Crippen LogP contribution is -2.48. The zero-order valence-electron chi connectivity index (χ0n) is 17.1. The maximum absolute atomic E-state index is 12.9. The number of amides is 1. The van der Waals surface area contributed by atoms with Gasteiger partial charge in [-0.2, -0.15) is 0 Å². The van der Waals surface area contributed by atoms with E-state index in [1.807, 2.05) is 49.9 Å². The minimum Gasteiger partial charge on any atom is -0.489 e. The highest BCUT2D eigenvalue weighted by atomic mass is 16.5. The molecule has 150 valence electrons. The molecule has 0 spiro atoms. The van der Waals surface area contributed by atoms with Gasteiger partial charge >= 0.3 is 0 Å². The predicted molar refractivity (Wildman–Crippen MR) is 110 cm³/mol. The van der Waals surface area contributed by atoms with Crippen LogP contribution in [0, 0.1) is 6.92 Å². The summed E-state index contributed by atoms with van der Waals surface area (Å²) in [6, 6.07) is 9.40. The summed E-state index contributed by atoms with van der Waals surface area (Å²) in [5.41, 5.74) is 1.94. The van der Waals surface area contributed by atoms with Gasteiger partial charge in [0.05, 0.1) is 11.8 Å². The zero-order valence-corrected chi connectivity index (χ0v) is 17.1. The van der Waals surface area contributed by atoms with Crippen molar-refractivity contribution in [1.29, 1.82) is 0 Å². The maximum Gasteiger partial charge on any atom is 0.272 e. The molecule has 1 N–H and O–H groups in total. The number of para-hydroxylation sites is 2. The van der Waals surface area contributed by atoms with Crippen molar-refractivity contribution in [2.75, 3.05) is 38.0 Å². The van der Waals surface area contributed by atoms with E-state index >= 15 is 0 Å². The molecule has 0 aliphatic carbocycles. The maximum atomic E-state index is 12.9. The van der Waals surface area contributed by atoms with Gasteiger partial charge in [0.25, 0.3) is 5.91 Å². The smallest absolute Gasteiger partial charge is 0.272 e. The lowest BCUT2D eigenvalue weighted by atomic mass is 10.2. The Bertz CT molecular complexity index is 816. The molecule has 2 aromatic rings. The quantitative estimate of drug-likeness (QED) is 0.827. The molecular weight excluding hydrogens is 354 g/mol. The van der Waals surface area contributed by atoms with Gasteiger partial charge in [-0.25, -0.2) is 9.97 Å². The summed E-state index contributed by atoms with van der Waals surface area (Å²) < 4.78 is 5.84. The van der Waals surface area contributed by atoms with Crippen LogP contribution in [0.1, 0.15) is 37.0 Å². The number of carbonyl (C=O) groups is 1. The number of piperazine rings is 1. The van der Waals surface area contributed by atoms with Gasteiger partial charge in [-0.1, -0.05) is 19.1 Å². The number of carbonyl (C=O) groups excluding carboxylic acids is 1. The van der Waals surface area contributed by atoms with Crippen molar-refractivity contribution in [2.45, 2.75) is 33.8 Å². The van der Waals surface area contributed by atoms with Crippen molar-refractivity contribution in [3.8, 4) is 5.75 Å². The molecule has 0 atom stereocenters. The highest BCUT2D eigenvalue weighted by Gasteiger charge is 2.23. The van der Waals surface area contributed by atoms with Crippen LogP contribution in [-0.4, -0.2) is 64.5 Å². The molecule has 28 heavy (non-hydrogen) atoms. The average molecular weight is 383 g/mol. The second kappa shape index (κ2) is 9.01. The van der Waals surface area contributed by atoms with Crippen LogP contribution in [0.2, 0.25) is 0 Å².